The summed E-state index contributed by atoms with van der Waals surface area (Å²) in [5.41, 5.74) is 3.99. The number of carbonyl (C=O) groups excluding carboxylic acids is 2. The third kappa shape index (κ3) is 3.03. The highest BCUT2D eigenvalue weighted by molar-refractivity contribution is 6.01. The molecule has 4 rings (SSSR count). The van der Waals surface area contributed by atoms with E-state index in [1.807, 2.05) is 53.2 Å². The second-order valence-electron chi connectivity index (χ2n) is 7.83. The zero-order valence-corrected chi connectivity index (χ0v) is 16.1. The Morgan fingerprint density at radius 1 is 0.926 bits per heavy atom. The van der Waals surface area contributed by atoms with Crippen LogP contribution in [-0.4, -0.2) is 47.3 Å². The summed E-state index contributed by atoms with van der Waals surface area (Å²) >= 11 is 0. The van der Waals surface area contributed by atoms with Gasteiger partial charge in [-0.1, -0.05) is 42.5 Å². The van der Waals surface area contributed by atoms with Crippen LogP contribution in [0.5, 0.6) is 0 Å². The van der Waals surface area contributed by atoms with Crippen molar-refractivity contribution < 1.29 is 9.59 Å². The number of carbonyl (C=O) groups is 2. The molecular formula is C23H26N2O2. The molecule has 2 aliphatic heterocycles. The normalized spacial score (nSPS) is 19.0. The molecule has 0 bridgehead atoms. The quantitative estimate of drug-likeness (QED) is 0.813. The van der Waals surface area contributed by atoms with E-state index < -0.39 is 0 Å². The average molecular weight is 362 g/mol. The molecule has 2 amide bonds. The Kier molecular flexibility index (Phi) is 4.50. The first-order chi connectivity index (χ1) is 13.0. The third-order valence-corrected chi connectivity index (χ3v) is 6.46. The minimum absolute atomic E-state index is 0.0383. The largest absolute Gasteiger partial charge is 0.340 e. The minimum Gasteiger partial charge on any atom is -0.340 e. The number of aryl methyl sites for hydroxylation is 1. The number of rotatable bonds is 2. The smallest absolute Gasteiger partial charge is 0.254 e. The lowest BCUT2D eigenvalue weighted by Gasteiger charge is -2.43. The first-order valence-corrected chi connectivity index (χ1v) is 9.73. The van der Waals surface area contributed by atoms with Gasteiger partial charge in [-0.3, -0.25) is 9.59 Å². The Morgan fingerprint density at radius 2 is 1.56 bits per heavy atom. The second kappa shape index (κ2) is 6.84. The van der Waals surface area contributed by atoms with Crippen molar-refractivity contribution in [3.63, 3.8) is 0 Å². The van der Waals surface area contributed by atoms with Crippen LogP contribution in [0.2, 0.25) is 0 Å². The van der Waals surface area contributed by atoms with Crippen molar-refractivity contribution in [1.29, 1.82) is 0 Å². The Hall–Kier alpha value is -2.62. The molecule has 0 atom stereocenters. The van der Waals surface area contributed by atoms with E-state index in [1.165, 1.54) is 5.56 Å². The van der Waals surface area contributed by atoms with Gasteiger partial charge in [-0.15, -0.1) is 0 Å². The maximum Gasteiger partial charge on any atom is 0.254 e. The summed E-state index contributed by atoms with van der Waals surface area (Å²) in [4.78, 5) is 29.1. The summed E-state index contributed by atoms with van der Waals surface area (Å²) in [6.45, 7) is 3.49. The molecule has 1 spiro atoms. The van der Waals surface area contributed by atoms with Gasteiger partial charge in [0.25, 0.3) is 5.91 Å². The Balaban J connectivity index is 1.57. The van der Waals surface area contributed by atoms with Crippen LogP contribution in [-0.2, 0) is 4.79 Å². The molecule has 0 N–H and O–H groups in total. The van der Waals surface area contributed by atoms with Crippen LogP contribution in [0.15, 0.2) is 48.5 Å². The van der Waals surface area contributed by atoms with Crippen molar-refractivity contribution in [2.45, 2.75) is 38.1 Å². The fourth-order valence-corrected chi connectivity index (χ4v) is 4.60. The highest BCUT2D eigenvalue weighted by Gasteiger charge is 2.45. The summed E-state index contributed by atoms with van der Waals surface area (Å²) in [6.07, 6.45) is 3.30. The molecule has 4 heteroatoms. The van der Waals surface area contributed by atoms with Crippen LogP contribution in [0.1, 0.15) is 41.6 Å². The number of hydrogen-bond acceptors (Lipinski definition) is 2. The molecule has 0 aliphatic carbocycles. The second-order valence-corrected chi connectivity index (χ2v) is 7.83. The first kappa shape index (κ1) is 17.8. The van der Waals surface area contributed by atoms with Crippen LogP contribution in [0.4, 0.5) is 0 Å². The van der Waals surface area contributed by atoms with Gasteiger partial charge in [-0.2, -0.15) is 0 Å². The monoisotopic (exact) mass is 362 g/mol. The third-order valence-electron chi connectivity index (χ3n) is 6.46. The molecule has 4 nitrogen and oxygen atoms in total. The zero-order valence-electron chi connectivity index (χ0n) is 16.1. The number of likely N-dealkylation sites (tertiary alicyclic amines) is 2. The van der Waals surface area contributed by atoms with E-state index in [0.29, 0.717) is 19.5 Å². The van der Waals surface area contributed by atoms with Gasteiger partial charge in [0.2, 0.25) is 5.91 Å². The summed E-state index contributed by atoms with van der Waals surface area (Å²) in [6, 6.07) is 16.1. The molecule has 2 heterocycles. The Labute approximate surface area is 160 Å². The summed E-state index contributed by atoms with van der Waals surface area (Å²) in [5.74, 6) is 0.329. The molecule has 140 valence electrons. The van der Waals surface area contributed by atoms with Gasteiger partial charge < -0.3 is 9.80 Å². The predicted molar refractivity (Wildman–Crippen MR) is 106 cm³/mol. The SMILES string of the molecule is Cc1ccccc1-c1ccccc1C(=O)N1CCC2(CCC(=O)N2C)CC1. The van der Waals surface area contributed by atoms with Crippen LogP contribution >= 0.6 is 0 Å². The lowest BCUT2D eigenvalue weighted by atomic mass is 9.85. The van der Waals surface area contributed by atoms with E-state index in [2.05, 4.69) is 19.1 Å². The maximum absolute atomic E-state index is 13.3. The van der Waals surface area contributed by atoms with Gasteiger partial charge in [0.1, 0.15) is 0 Å². The van der Waals surface area contributed by atoms with Crippen LogP contribution in [0.25, 0.3) is 11.1 Å². The van der Waals surface area contributed by atoms with Crippen LogP contribution in [0.3, 0.4) is 0 Å². The molecule has 2 aliphatic rings. The highest BCUT2D eigenvalue weighted by Crippen LogP contribution is 2.38. The van der Waals surface area contributed by atoms with Gasteiger partial charge in [-0.25, -0.2) is 0 Å². The van der Waals surface area contributed by atoms with E-state index in [0.717, 1.165) is 36.0 Å². The topological polar surface area (TPSA) is 40.6 Å². The molecule has 0 unspecified atom stereocenters. The lowest BCUT2D eigenvalue weighted by molar-refractivity contribution is -0.130. The van der Waals surface area contributed by atoms with Gasteiger partial charge in [0.05, 0.1) is 0 Å². The average Bonchev–Trinajstić information content (AvgIpc) is 2.97. The van der Waals surface area contributed by atoms with Crippen molar-refractivity contribution in [3.8, 4) is 11.1 Å². The number of hydrogen-bond donors (Lipinski definition) is 0. The predicted octanol–water partition coefficient (Wildman–Crippen LogP) is 3.89. The van der Waals surface area contributed by atoms with E-state index >= 15 is 0 Å². The van der Waals surface area contributed by atoms with Gasteiger partial charge in [-0.05, 0) is 48.9 Å². The standard InChI is InChI=1S/C23H26N2O2/c1-17-7-3-4-8-18(17)19-9-5-6-10-20(19)22(27)25-15-13-23(14-16-25)12-11-21(26)24(23)2/h3-10H,11-16H2,1-2H3. The van der Waals surface area contributed by atoms with Crippen LogP contribution < -0.4 is 0 Å². The minimum atomic E-state index is -0.0383. The van der Waals surface area contributed by atoms with Crippen molar-refractivity contribution >= 4 is 11.8 Å². The van der Waals surface area contributed by atoms with Crippen LogP contribution in [0, 0.1) is 6.92 Å². The van der Waals surface area contributed by atoms with Crippen molar-refractivity contribution in [2.24, 2.45) is 0 Å². The molecule has 2 fully saturated rings. The molecule has 2 saturated heterocycles. The molecule has 27 heavy (non-hydrogen) atoms. The molecule has 0 radical (unpaired) electrons. The molecule has 2 aromatic carbocycles. The van der Waals surface area contributed by atoms with Crippen molar-refractivity contribution in [1.82, 2.24) is 9.80 Å². The highest BCUT2D eigenvalue weighted by atomic mass is 16.2. The molecular weight excluding hydrogens is 336 g/mol. The van der Waals surface area contributed by atoms with Crippen molar-refractivity contribution in [2.75, 3.05) is 20.1 Å². The number of nitrogens with zero attached hydrogens (tertiary/aromatic N) is 2. The van der Waals surface area contributed by atoms with Gasteiger partial charge in [0, 0.05) is 37.7 Å². The van der Waals surface area contributed by atoms with Gasteiger partial charge in [0.15, 0.2) is 0 Å². The molecule has 2 aromatic rings. The van der Waals surface area contributed by atoms with E-state index in [1.54, 1.807) is 0 Å². The van der Waals surface area contributed by atoms with E-state index in [4.69, 9.17) is 0 Å². The first-order valence-electron chi connectivity index (χ1n) is 9.73. The van der Waals surface area contributed by atoms with E-state index in [-0.39, 0.29) is 17.4 Å². The fraction of sp³-hybridized carbons (Fsp3) is 0.391. The maximum atomic E-state index is 13.3. The Bertz CT molecular complexity index is 881. The Morgan fingerprint density at radius 3 is 2.19 bits per heavy atom. The number of benzene rings is 2. The van der Waals surface area contributed by atoms with Gasteiger partial charge >= 0.3 is 0 Å². The van der Waals surface area contributed by atoms with E-state index in [9.17, 15) is 9.59 Å². The lowest BCUT2D eigenvalue weighted by Crippen LogP contribution is -2.52. The summed E-state index contributed by atoms with van der Waals surface area (Å²) in [7, 11) is 1.92. The number of amides is 2. The zero-order chi connectivity index (χ0) is 19.0. The summed E-state index contributed by atoms with van der Waals surface area (Å²) in [5, 5.41) is 0. The van der Waals surface area contributed by atoms with Crippen molar-refractivity contribution in [3.05, 3.63) is 59.7 Å². The number of piperidine rings is 1. The fourth-order valence-electron chi connectivity index (χ4n) is 4.60. The molecule has 0 aromatic heterocycles. The molecule has 0 saturated carbocycles. The summed E-state index contributed by atoms with van der Waals surface area (Å²) < 4.78 is 0.